The second-order valence-corrected chi connectivity index (χ2v) is 4.47. The van der Waals surface area contributed by atoms with Crippen LogP contribution in [0.5, 0.6) is 0 Å². The van der Waals surface area contributed by atoms with Crippen LogP contribution in [0.2, 0.25) is 5.02 Å². The maximum atomic E-state index is 13.7. The number of rotatable bonds is 5. The lowest BCUT2D eigenvalue weighted by Gasteiger charge is -2.03. The molecular weight excluding hydrogens is 299 g/mol. The lowest BCUT2D eigenvalue weighted by molar-refractivity contribution is 0.0944. The first kappa shape index (κ1) is 15.2. The summed E-state index contributed by atoms with van der Waals surface area (Å²) in [5.74, 6) is -1.02. The van der Waals surface area contributed by atoms with Gasteiger partial charge in [0.1, 0.15) is 5.69 Å². The second kappa shape index (κ2) is 6.49. The average Bonchev–Trinajstić information content (AvgIpc) is 3.02. The molecule has 0 spiro atoms. The molecule has 2 rings (SSSR count). The number of carbonyl (C=O) groups is 1. The van der Waals surface area contributed by atoms with E-state index in [9.17, 15) is 9.18 Å². The van der Waals surface area contributed by atoms with Crippen molar-refractivity contribution >= 4 is 23.7 Å². The molecule has 1 amide bonds. The molecule has 0 aliphatic heterocycles. The molecule has 112 valence electrons. The third-order valence-corrected chi connectivity index (χ3v) is 3.06. The molecule has 0 aliphatic rings. The van der Waals surface area contributed by atoms with E-state index in [1.54, 1.807) is 6.92 Å². The zero-order valence-electron chi connectivity index (χ0n) is 11.5. The molecule has 0 aliphatic carbocycles. The highest BCUT2D eigenvalue weighted by atomic mass is 35.5. The first-order valence-electron chi connectivity index (χ1n) is 6.34. The van der Waals surface area contributed by atoms with Crippen molar-refractivity contribution in [1.29, 1.82) is 0 Å². The fraction of sp³-hybridized carbons (Fsp3) is 0.333. The van der Waals surface area contributed by atoms with E-state index in [4.69, 9.17) is 11.6 Å². The number of hydrazone groups is 1. The van der Waals surface area contributed by atoms with Gasteiger partial charge in [0.25, 0.3) is 5.91 Å². The standard InChI is InChI=1S/C12H14ClFN6O/c1-3-19-10(9(13)7-17-19)12(21)18-15-5-8-6-16-20(4-2)11(8)14/h5-7H,3-4H2,1-2H3,(H,18,21)/b15-5+. The average molecular weight is 313 g/mol. The summed E-state index contributed by atoms with van der Waals surface area (Å²) in [6.07, 6.45) is 3.90. The van der Waals surface area contributed by atoms with Crippen molar-refractivity contribution in [2.45, 2.75) is 26.9 Å². The predicted octanol–water partition coefficient (Wildman–Crippen LogP) is 1.68. The summed E-state index contributed by atoms with van der Waals surface area (Å²) in [5.41, 5.74) is 2.68. The van der Waals surface area contributed by atoms with Crippen LogP contribution in [0.3, 0.4) is 0 Å². The Hall–Kier alpha value is -2.22. The van der Waals surface area contributed by atoms with Gasteiger partial charge in [-0.3, -0.25) is 9.48 Å². The normalized spacial score (nSPS) is 11.2. The number of carbonyl (C=O) groups excluding carboxylic acids is 1. The van der Waals surface area contributed by atoms with Crippen molar-refractivity contribution in [2.75, 3.05) is 0 Å². The van der Waals surface area contributed by atoms with Crippen LogP contribution in [0.4, 0.5) is 4.39 Å². The molecule has 1 N–H and O–H groups in total. The largest absolute Gasteiger partial charge is 0.291 e. The van der Waals surface area contributed by atoms with Crippen molar-refractivity contribution < 1.29 is 9.18 Å². The number of halogens is 2. The first-order chi connectivity index (χ1) is 10.1. The molecule has 9 heteroatoms. The van der Waals surface area contributed by atoms with Crippen molar-refractivity contribution in [3.05, 3.63) is 34.6 Å². The molecule has 0 radical (unpaired) electrons. The summed E-state index contributed by atoms with van der Waals surface area (Å²) in [7, 11) is 0. The van der Waals surface area contributed by atoms with Gasteiger partial charge in [0, 0.05) is 13.1 Å². The molecule has 0 unspecified atom stereocenters. The van der Waals surface area contributed by atoms with Crippen LogP contribution < -0.4 is 5.43 Å². The van der Waals surface area contributed by atoms with E-state index in [2.05, 4.69) is 20.7 Å². The molecule has 0 saturated carbocycles. The number of aromatic nitrogens is 4. The van der Waals surface area contributed by atoms with Gasteiger partial charge in [0.05, 0.1) is 29.2 Å². The van der Waals surface area contributed by atoms with E-state index in [1.807, 2.05) is 6.92 Å². The van der Waals surface area contributed by atoms with Gasteiger partial charge < -0.3 is 0 Å². The molecule has 0 aromatic carbocycles. The first-order valence-corrected chi connectivity index (χ1v) is 6.72. The summed E-state index contributed by atoms with van der Waals surface area (Å²) in [5, 5.41) is 11.7. The molecule has 0 saturated heterocycles. The number of nitrogens with zero attached hydrogens (tertiary/aromatic N) is 5. The van der Waals surface area contributed by atoms with E-state index < -0.39 is 11.9 Å². The minimum Gasteiger partial charge on any atom is -0.266 e. The van der Waals surface area contributed by atoms with Crippen molar-refractivity contribution in [3.8, 4) is 0 Å². The van der Waals surface area contributed by atoms with Crippen molar-refractivity contribution in [3.63, 3.8) is 0 Å². The molecule has 0 bridgehead atoms. The zero-order chi connectivity index (χ0) is 15.4. The van der Waals surface area contributed by atoms with Gasteiger partial charge in [-0.2, -0.15) is 19.7 Å². The summed E-state index contributed by atoms with van der Waals surface area (Å²) in [6.45, 7) is 4.51. The Morgan fingerprint density at radius 1 is 1.38 bits per heavy atom. The smallest absolute Gasteiger partial charge is 0.266 e. The number of hydrogen-bond acceptors (Lipinski definition) is 4. The fourth-order valence-corrected chi connectivity index (χ4v) is 1.96. The van der Waals surface area contributed by atoms with Crippen LogP contribution >= 0.6 is 11.6 Å². The van der Waals surface area contributed by atoms with Crippen molar-refractivity contribution in [2.24, 2.45) is 5.10 Å². The van der Waals surface area contributed by atoms with Crippen LogP contribution in [0.1, 0.15) is 29.9 Å². The van der Waals surface area contributed by atoms with Crippen LogP contribution in [-0.2, 0) is 13.1 Å². The van der Waals surface area contributed by atoms with Gasteiger partial charge in [-0.15, -0.1) is 0 Å². The number of amides is 1. The van der Waals surface area contributed by atoms with Crippen LogP contribution in [-0.4, -0.2) is 31.7 Å². The van der Waals surface area contributed by atoms with Gasteiger partial charge >= 0.3 is 0 Å². The van der Waals surface area contributed by atoms with Crippen LogP contribution in [0.15, 0.2) is 17.5 Å². The molecule has 2 heterocycles. The van der Waals surface area contributed by atoms with Gasteiger partial charge in [0.15, 0.2) is 0 Å². The molecule has 0 fully saturated rings. The second-order valence-electron chi connectivity index (χ2n) is 4.06. The lowest BCUT2D eigenvalue weighted by atomic mass is 10.4. The topological polar surface area (TPSA) is 77.1 Å². The van der Waals surface area contributed by atoms with Gasteiger partial charge in [0.2, 0.25) is 5.95 Å². The Morgan fingerprint density at radius 3 is 2.67 bits per heavy atom. The number of aryl methyl sites for hydroxylation is 2. The Morgan fingerprint density at radius 2 is 2.05 bits per heavy atom. The minimum atomic E-state index is -0.515. The zero-order valence-corrected chi connectivity index (χ0v) is 12.3. The third kappa shape index (κ3) is 3.10. The number of nitrogens with one attached hydrogen (secondary N) is 1. The monoisotopic (exact) mass is 312 g/mol. The Labute approximate surface area is 125 Å². The maximum absolute atomic E-state index is 13.7. The molecule has 21 heavy (non-hydrogen) atoms. The van der Waals surface area contributed by atoms with Gasteiger partial charge in [-0.05, 0) is 13.8 Å². The van der Waals surface area contributed by atoms with E-state index in [-0.39, 0.29) is 16.3 Å². The Bertz CT molecular complexity index is 677. The number of hydrogen-bond donors (Lipinski definition) is 1. The van der Waals surface area contributed by atoms with Gasteiger partial charge in [-0.25, -0.2) is 10.1 Å². The molecular formula is C12H14ClFN6O. The van der Waals surface area contributed by atoms with Crippen LogP contribution in [0.25, 0.3) is 0 Å². The van der Waals surface area contributed by atoms with E-state index in [0.29, 0.717) is 13.1 Å². The van der Waals surface area contributed by atoms with E-state index in [0.717, 1.165) is 0 Å². The summed E-state index contributed by atoms with van der Waals surface area (Å²) in [6, 6.07) is 0. The quantitative estimate of drug-likeness (QED) is 0.674. The highest BCUT2D eigenvalue weighted by molar-refractivity contribution is 6.33. The van der Waals surface area contributed by atoms with Crippen LogP contribution in [0, 0.1) is 5.95 Å². The third-order valence-electron chi connectivity index (χ3n) is 2.78. The van der Waals surface area contributed by atoms with E-state index in [1.165, 1.54) is 28.0 Å². The Kier molecular flexibility index (Phi) is 4.69. The highest BCUT2D eigenvalue weighted by Gasteiger charge is 2.16. The minimum absolute atomic E-state index is 0.187. The molecule has 2 aromatic rings. The van der Waals surface area contributed by atoms with E-state index >= 15 is 0 Å². The highest BCUT2D eigenvalue weighted by Crippen LogP contribution is 2.14. The van der Waals surface area contributed by atoms with Gasteiger partial charge in [-0.1, -0.05) is 11.6 Å². The molecule has 7 nitrogen and oxygen atoms in total. The molecule has 2 aromatic heterocycles. The predicted molar refractivity (Wildman–Crippen MR) is 75.8 cm³/mol. The summed E-state index contributed by atoms with van der Waals surface area (Å²) in [4.78, 5) is 12.0. The SMILES string of the molecule is CCn1ncc(/C=N/NC(=O)c2c(Cl)cnn2CC)c1F. The maximum Gasteiger partial charge on any atom is 0.291 e. The summed E-state index contributed by atoms with van der Waals surface area (Å²) >= 11 is 5.89. The fourth-order valence-electron chi connectivity index (χ4n) is 1.73. The summed E-state index contributed by atoms with van der Waals surface area (Å²) < 4.78 is 16.3. The van der Waals surface area contributed by atoms with Crippen molar-refractivity contribution in [1.82, 2.24) is 25.0 Å². The molecule has 0 atom stereocenters. The lowest BCUT2D eigenvalue weighted by Crippen LogP contribution is -2.22. The Balaban J connectivity index is 2.08.